The van der Waals surface area contributed by atoms with Gasteiger partial charge in [-0.2, -0.15) is 0 Å². The van der Waals surface area contributed by atoms with Crippen molar-refractivity contribution in [1.29, 1.82) is 0 Å². The SMILES string of the molecule is C=C1C(C)(C)[C@@]2(Cl)C(Cl)(Cl)C(Cl)(Cl)[C@]1(Cl)C2(Cl)Cl. The lowest BCUT2D eigenvalue weighted by molar-refractivity contribution is 0.296. The fraction of sp³-hybridized carbons (Fsp3) is 0.800. The second-order valence-electron chi connectivity index (χ2n) is 5.14. The highest BCUT2D eigenvalue weighted by molar-refractivity contribution is 6.75. The Balaban J connectivity index is 2.95. The monoisotopic (exact) mass is 408 g/mol. The van der Waals surface area contributed by atoms with E-state index in [0.29, 0.717) is 5.57 Å². The van der Waals surface area contributed by atoms with Crippen molar-refractivity contribution in [3.05, 3.63) is 12.2 Å². The molecule has 104 valence electrons. The molecule has 8 heteroatoms. The largest absolute Gasteiger partial charge is 0.178 e. The van der Waals surface area contributed by atoms with Gasteiger partial charge < -0.3 is 0 Å². The topological polar surface area (TPSA) is 0 Å². The van der Waals surface area contributed by atoms with Gasteiger partial charge in [-0.05, 0) is 5.57 Å². The van der Waals surface area contributed by atoms with Gasteiger partial charge in [0.1, 0.15) is 9.75 Å². The zero-order valence-corrected chi connectivity index (χ0v) is 15.3. The molecule has 2 rings (SSSR count). The van der Waals surface area contributed by atoms with Gasteiger partial charge in [-0.3, -0.25) is 0 Å². The van der Waals surface area contributed by atoms with Crippen LogP contribution < -0.4 is 0 Å². The van der Waals surface area contributed by atoms with Crippen molar-refractivity contribution in [2.45, 2.75) is 36.6 Å². The molecule has 18 heavy (non-hydrogen) atoms. The van der Waals surface area contributed by atoms with Crippen molar-refractivity contribution < 1.29 is 0 Å². The molecule has 0 aromatic rings. The summed E-state index contributed by atoms with van der Waals surface area (Å²) in [6, 6.07) is 0. The quantitative estimate of drug-likeness (QED) is 0.335. The van der Waals surface area contributed by atoms with Crippen molar-refractivity contribution in [1.82, 2.24) is 0 Å². The van der Waals surface area contributed by atoms with E-state index in [-0.39, 0.29) is 0 Å². The number of hydrogen-bond acceptors (Lipinski definition) is 0. The van der Waals surface area contributed by atoms with Crippen molar-refractivity contribution in [3.8, 4) is 0 Å². The highest BCUT2D eigenvalue weighted by atomic mass is 35.5. The zero-order chi connectivity index (χ0) is 14.6. The van der Waals surface area contributed by atoms with Crippen LogP contribution in [0.15, 0.2) is 12.2 Å². The Morgan fingerprint density at radius 1 is 0.722 bits per heavy atom. The van der Waals surface area contributed by atoms with Crippen LogP contribution in [-0.4, -0.2) is 22.7 Å². The fourth-order valence-corrected chi connectivity index (χ4v) is 7.51. The van der Waals surface area contributed by atoms with E-state index < -0.39 is 28.2 Å². The Morgan fingerprint density at radius 3 is 1.39 bits per heavy atom. The summed E-state index contributed by atoms with van der Waals surface area (Å²) in [6.45, 7) is 7.38. The standard InChI is InChI=1S/C10H8Cl8/c1-4-5(2,3)7(12)8(13,14)6(4,11)9(15,16)10(7,17)18/h1H2,2-3H3/t6-,7+/m1/s1. The maximum Gasteiger partial charge on any atom is 0.178 e. The van der Waals surface area contributed by atoms with E-state index >= 15 is 0 Å². The van der Waals surface area contributed by atoms with Crippen LogP contribution in [0, 0.1) is 5.41 Å². The minimum Gasteiger partial charge on any atom is -0.112 e. The van der Waals surface area contributed by atoms with Crippen molar-refractivity contribution in [2.24, 2.45) is 5.41 Å². The Hall–Kier alpha value is 2.06. The molecule has 2 fully saturated rings. The van der Waals surface area contributed by atoms with Gasteiger partial charge in [0, 0.05) is 5.41 Å². The number of hydrogen-bond donors (Lipinski definition) is 0. The molecule has 0 amide bonds. The van der Waals surface area contributed by atoms with E-state index in [0.717, 1.165) is 0 Å². The molecule has 2 atom stereocenters. The molecule has 0 aliphatic heterocycles. The highest BCUT2D eigenvalue weighted by Crippen LogP contribution is 2.86. The zero-order valence-electron chi connectivity index (χ0n) is 9.23. The summed E-state index contributed by atoms with van der Waals surface area (Å²) in [5.74, 6) is 0. The molecule has 0 nitrogen and oxygen atoms in total. The average molecular weight is 412 g/mol. The first-order valence-corrected chi connectivity index (χ1v) is 7.89. The van der Waals surface area contributed by atoms with Crippen molar-refractivity contribution in [2.75, 3.05) is 0 Å². The maximum absolute atomic E-state index is 6.60. The summed E-state index contributed by atoms with van der Waals surface area (Å²) < 4.78 is -5.53. The van der Waals surface area contributed by atoms with Gasteiger partial charge in [-0.15, -0.1) is 23.2 Å². The summed E-state index contributed by atoms with van der Waals surface area (Å²) in [6.07, 6.45) is 0. The van der Waals surface area contributed by atoms with Gasteiger partial charge in [0.15, 0.2) is 13.0 Å². The minimum atomic E-state index is -1.89. The molecule has 0 aromatic heterocycles. The molecular weight excluding hydrogens is 404 g/mol. The van der Waals surface area contributed by atoms with E-state index in [2.05, 4.69) is 6.58 Å². The fourth-order valence-electron chi connectivity index (χ4n) is 2.87. The minimum absolute atomic E-state index is 0.401. The van der Waals surface area contributed by atoms with Crippen LogP contribution in [-0.2, 0) is 0 Å². The lowest BCUT2D eigenvalue weighted by Crippen LogP contribution is -2.61. The van der Waals surface area contributed by atoms with Crippen LogP contribution in [0.1, 0.15) is 13.8 Å². The molecule has 0 aromatic carbocycles. The third-order valence-corrected chi connectivity index (χ3v) is 10.6. The van der Waals surface area contributed by atoms with Crippen molar-refractivity contribution in [3.63, 3.8) is 0 Å². The van der Waals surface area contributed by atoms with Crippen LogP contribution in [0.3, 0.4) is 0 Å². The van der Waals surface area contributed by atoms with Crippen LogP contribution >= 0.6 is 92.8 Å². The molecule has 2 bridgehead atoms. The van der Waals surface area contributed by atoms with Gasteiger partial charge in [0.05, 0.1) is 0 Å². The first kappa shape index (κ1) is 16.4. The second-order valence-corrected chi connectivity index (χ2v) is 10.3. The number of alkyl halides is 8. The van der Waals surface area contributed by atoms with Crippen LogP contribution in [0.5, 0.6) is 0 Å². The van der Waals surface area contributed by atoms with E-state index in [1.165, 1.54) is 0 Å². The first-order chi connectivity index (χ1) is 7.65. The second kappa shape index (κ2) is 3.69. The molecule has 0 N–H and O–H groups in total. The smallest absolute Gasteiger partial charge is 0.112 e. The summed E-state index contributed by atoms with van der Waals surface area (Å²) >= 11 is 50.9. The molecule has 0 radical (unpaired) electrons. The molecule has 2 saturated carbocycles. The van der Waals surface area contributed by atoms with E-state index in [9.17, 15) is 0 Å². The van der Waals surface area contributed by atoms with E-state index in [4.69, 9.17) is 92.8 Å². The first-order valence-electron chi connectivity index (χ1n) is 4.87. The number of allylic oxidation sites excluding steroid dienone is 1. The average Bonchev–Trinajstić information content (AvgIpc) is 2.32. The number of rotatable bonds is 0. The van der Waals surface area contributed by atoms with Gasteiger partial charge in [0.25, 0.3) is 0 Å². The number of fused-ring (bicyclic) bond motifs is 2. The van der Waals surface area contributed by atoms with Crippen molar-refractivity contribution >= 4 is 92.8 Å². The van der Waals surface area contributed by atoms with Gasteiger partial charge in [-0.1, -0.05) is 90.0 Å². The summed E-state index contributed by atoms with van der Waals surface area (Å²) in [5, 5.41) is 0. The molecular formula is C10H8Cl8. The normalized spacial score (nSPS) is 46.4. The Labute approximate surface area is 146 Å². The summed E-state index contributed by atoms with van der Waals surface area (Å²) in [7, 11) is 0. The van der Waals surface area contributed by atoms with E-state index in [1.54, 1.807) is 13.8 Å². The molecule has 0 heterocycles. The Kier molecular flexibility index (Phi) is 3.37. The van der Waals surface area contributed by atoms with Gasteiger partial charge in [0.2, 0.25) is 0 Å². The summed E-state index contributed by atoms with van der Waals surface area (Å²) in [5.41, 5.74) is -0.463. The molecule has 0 unspecified atom stereocenters. The highest BCUT2D eigenvalue weighted by Gasteiger charge is 2.96. The Morgan fingerprint density at radius 2 is 1.11 bits per heavy atom. The third kappa shape index (κ3) is 1.13. The van der Waals surface area contributed by atoms with Gasteiger partial charge >= 0.3 is 0 Å². The predicted octanol–water partition coefficient (Wildman–Crippen LogP) is 6.07. The van der Waals surface area contributed by atoms with Crippen LogP contribution in [0.25, 0.3) is 0 Å². The predicted molar refractivity (Wildman–Crippen MR) is 83.4 cm³/mol. The molecule has 0 saturated heterocycles. The van der Waals surface area contributed by atoms with E-state index in [1.807, 2.05) is 0 Å². The molecule has 0 spiro atoms. The molecule has 2 aliphatic rings. The lowest BCUT2D eigenvalue weighted by atomic mass is 9.71. The summed E-state index contributed by atoms with van der Waals surface area (Å²) in [4.78, 5) is -3.26. The van der Waals surface area contributed by atoms with Crippen LogP contribution in [0.4, 0.5) is 0 Å². The maximum atomic E-state index is 6.60. The number of halogens is 8. The van der Waals surface area contributed by atoms with Crippen LogP contribution in [0.2, 0.25) is 0 Å². The third-order valence-electron chi connectivity index (χ3n) is 4.16. The Bertz CT molecular complexity index is 451. The lowest BCUT2D eigenvalue weighted by Gasteiger charge is -2.51. The molecule has 2 aliphatic carbocycles. The van der Waals surface area contributed by atoms with Gasteiger partial charge in [-0.25, -0.2) is 0 Å².